The first-order chi connectivity index (χ1) is 24.7. The number of methoxy groups -OCH3 is 2. The average Bonchev–Trinajstić information content (AvgIpc) is 3.63. The zero-order valence-electron chi connectivity index (χ0n) is 32.6. The van der Waals surface area contributed by atoms with E-state index in [0.717, 1.165) is 76.5 Å². The number of aliphatic hydroxyl groups excluding tert-OH is 1. The Balaban J connectivity index is 0.000000305. The van der Waals surface area contributed by atoms with E-state index in [2.05, 4.69) is 38.0 Å². The van der Waals surface area contributed by atoms with Crippen molar-refractivity contribution in [2.24, 2.45) is 11.8 Å². The fraction of sp³-hybridized carbons (Fsp3) is 0.658. The fourth-order valence-electron chi connectivity index (χ4n) is 5.88. The minimum atomic E-state index is -0.596. The van der Waals surface area contributed by atoms with Crippen LogP contribution in [0.3, 0.4) is 0 Å². The van der Waals surface area contributed by atoms with E-state index in [1.807, 2.05) is 60.8 Å². The van der Waals surface area contributed by atoms with Gasteiger partial charge in [0.05, 0.1) is 34.3 Å². The zero-order chi connectivity index (χ0) is 40.1. The summed E-state index contributed by atoms with van der Waals surface area (Å²) in [5.74, 6) is -0.324. The molecular weight excluding hydrogens is 835 g/mol. The molecule has 2 aliphatic carbocycles. The Morgan fingerprint density at radius 1 is 0.755 bits per heavy atom. The molecule has 12 nitrogen and oxygen atoms in total. The van der Waals surface area contributed by atoms with Crippen molar-refractivity contribution in [3.63, 3.8) is 0 Å². The molecule has 15 heteroatoms. The zero-order valence-corrected chi connectivity index (χ0v) is 36.4. The number of esters is 2. The van der Waals surface area contributed by atoms with Gasteiger partial charge in [0.15, 0.2) is 0 Å². The number of carbonyl (C=O) groups is 5. The van der Waals surface area contributed by atoms with Gasteiger partial charge >= 0.3 is 24.1 Å². The van der Waals surface area contributed by atoms with Gasteiger partial charge in [0.25, 0.3) is 0 Å². The lowest BCUT2D eigenvalue weighted by atomic mass is 9.81. The summed E-state index contributed by atoms with van der Waals surface area (Å²) in [6, 6.07) is 0.231. The molecule has 2 aromatic rings. The molecule has 3 N–H and O–H groups in total. The van der Waals surface area contributed by atoms with Crippen molar-refractivity contribution < 1.29 is 48.0 Å². The molecule has 0 spiro atoms. The maximum Gasteiger partial charge on any atom is 0.407 e. The van der Waals surface area contributed by atoms with E-state index in [0.29, 0.717) is 11.1 Å². The SMILES string of the molecule is CC(C)(C)OC(=O)NC1CCC(C=O)CC1.COC(=O)c1csc(C(O)C2CCC(NC(=O)OC(C)(C)C)CC2)c1C.COC(=O)c1csc(I)c1C. The monoisotopic (exact) mass is 892 g/mol. The lowest BCUT2D eigenvalue weighted by Crippen LogP contribution is -2.41. The molecule has 0 saturated heterocycles. The number of nitrogens with one attached hydrogen (secondary N) is 2. The summed E-state index contributed by atoms with van der Waals surface area (Å²) < 4.78 is 21.0. The predicted octanol–water partition coefficient (Wildman–Crippen LogP) is 8.68. The van der Waals surface area contributed by atoms with Crippen LogP contribution in [0, 0.1) is 28.6 Å². The lowest BCUT2D eigenvalue weighted by molar-refractivity contribution is -0.111. The van der Waals surface area contributed by atoms with Crippen molar-refractivity contribution in [3.8, 4) is 0 Å². The number of ether oxygens (including phenoxy) is 4. The summed E-state index contributed by atoms with van der Waals surface area (Å²) >= 11 is 5.16. The second kappa shape index (κ2) is 21.4. The van der Waals surface area contributed by atoms with Gasteiger partial charge < -0.3 is 39.5 Å². The first-order valence-electron chi connectivity index (χ1n) is 17.8. The number of thiophene rings is 2. The number of rotatable bonds is 7. The Morgan fingerprint density at radius 2 is 1.17 bits per heavy atom. The molecule has 4 rings (SSSR count). The molecular formula is C38H57IN2O10S2. The van der Waals surface area contributed by atoms with Crippen molar-refractivity contribution in [3.05, 3.63) is 40.8 Å². The van der Waals surface area contributed by atoms with Crippen molar-refractivity contribution in [2.75, 3.05) is 14.2 Å². The van der Waals surface area contributed by atoms with Crippen LogP contribution in [0.15, 0.2) is 10.8 Å². The van der Waals surface area contributed by atoms with E-state index in [-0.39, 0.29) is 42.0 Å². The topological polar surface area (TPSA) is 167 Å². The third-order valence-corrected chi connectivity index (χ3v) is 12.4. The van der Waals surface area contributed by atoms with Crippen LogP contribution in [0.4, 0.5) is 9.59 Å². The molecule has 2 heterocycles. The highest BCUT2D eigenvalue weighted by atomic mass is 127. The lowest BCUT2D eigenvalue weighted by Gasteiger charge is -2.32. The Bertz CT molecular complexity index is 1510. The summed E-state index contributed by atoms with van der Waals surface area (Å²) in [4.78, 5) is 57.5. The Morgan fingerprint density at radius 3 is 1.55 bits per heavy atom. The van der Waals surface area contributed by atoms with Crippen LogP contribution in [0.2, 0.25) is 0 Å². The first-order valence-corrected chi connectivity index (χ1v) is 20.6. The summed E-state index contributed by atoms with van der Waals surface area (Å²) in [5, 5.41) is 20.1. The minimum absolute atomic E-state index is 0.0726. The van der Waals surface area contributed by atoms with E-state index in [4.69, 9.17) is 14.2 Å². The van der Waals surface area contributed by atoms with Gasteiger partial charge in [-0.1, -0.05) is 0 Å². The number of hydrogen-bond acceptors (Lipinski definition) is 12. The van der Waals surface area contributed by atoms with Gasteiger partial charge in [0.1, 0.15) is 17.5 Å². The molecule has 2 amide bonds. The number of alkyl carbamates (subject to hydrolysis) is 2. The Hall–Kier alpha value is -2.76. The van der Waals surface area contributed by atoms with E-state index in [1.54, 1.807) is 16.7 Å². The normalized spacial score (nSPS) is 20.5. The molecule has 0 aliphatic heterocycles. The van der Waals surface area contributed by atoms with Gasteiger partial charge in [-0.2, -0.15) is 0 Å². The average molecular weight is 893 g/mol. The minimum Gasteiger partial charge on any atom is -0.465 e. The maximum absolute atomic E-state index is 11.9. The highest BCUT2D eigenvalue weighted by Gasteiger charge is 2.32. The number of halogens is 1. The third kappa shape index (κ3) is 15.9. The summed E-state index contributed by atoms with van der Waals surface area (Å²) in [7, 11) is 2.75. The predicted molar refractivity (Wildman–Crippen MR) is 215 cm³/mol. The van der Waals surface area contributed by atoms with Crippen LogP contribution in [0.5, 0.6) is 0 Å². The van der Waals surface area contributed by atoms with E-state index in [1.165, 1.54) is 25.6 Å². The van der Waals surface area contributed by atoms with Crippen molar-refractivity contribution in [1.29, 1.82) is 0 Å². The van der Waals surface area contributed by atoms with Crippen LogP contribution in [-0.4, -0.2) is 73.0 Å². The van der Waals surface area contributed by atoms with Crippen LogP contribution in [0.25, 0.3) is 0 Å². The van der Waals surface area contributed by atoms with Crippen LogP contribution in [-0.2, 0) is 23.7 Å². The second-order valence-electron chi connectivity index (χ2n) is 15.3. The molecule has 2 aromatic heterocycles. The fourth-order valence-corrected chi connectivity index (χ4v) is 8.47. The van der Waals surface area contributed by atoms with Gasteiger partial charge in [-0.3, -0.25) is 0 Å². The Kier molecular flexibility index (Phi) is 18.7. The third-order valence-electron chi connectivity index (χ3n) is 8.76. The van der Waals surface area contributed by atoms with Crippen LogP contribution < -0.4 is 10.6 Å². The van der Waals surface area contributed by atoms with Gasteiger partial charge in [-0.05, 0) is 146 Å². The largest absolute Gasteiger partial charge is 0.465 e. The molecule has 2 fully saturated rings. The highest BCUT2D eigenvalue weighted by molar-refractivity contribution is 14.1. The molecule has 0 bridgehead atoms. The molecule has 53 heavy (non-hydrogen) atoms. The first kappa shape index (κ1) is 46.4. The van der Waals surface area contributed by atoms with E-state index >= 15 is 0 Å². The quantitative estimate of drug-likeness (QED) is 0.106. The summed E-state index contributed by atoms with van der Waals surface area (Å²) in [6.07, 6.45) is 6.35. The van der Waals surface area contributed by atoms with Gasteiger partial charge in [0.2, 0.25) is 0 Å². The number of amides is 2. The van der Waals surface area contributed by atoms with Crippen LogP contribution in [0.1, 0.15) is 136 Å². The van der Waals surface area contributed by atoms with Crippen molar-refractivity contribution in [2.45, 2.75) is 136 Å². The number of carbonyl (C=O) groups excluding carboxylic acids is 5. The summed E-state index contributed by atoms with van der Waals surface area (Å²) in [6.45, 7) is 14.8. The Labute approximate surface area is 335 Å². The van der Waals surface area contributed by atoms with Crippen LogP contribution >= 0.6 is 45.3 Å². The molecule has 2 saturated carbocycles. The van der Waals surface area contributed by atoms with Gasteiger partial charge in [0, 0.05) is 33.6 Å². The smallest absolute Gasteiger partial charge is 0.407 e. The van der Waals surface area contributed by atoms with E-state index < -0.39 is 23.4 Å². The van der Waals surface area contributed by atoms with E-state index in [9.17, 15) is 29.1 Å². The molecule has 2 aliphatic rings. The standard InChI is InChI=1S/C19H29NO5S.C12H21NO3.C7H7IO2S/c1-11-14(17(22)24-5)10-26-16(11)15(21)12-6-8-13(9-7-12)20-18(23)25-19(2,3)4;1-12(2,3)16-11(15)13-10-6-4-9(8-14)5-7-10;1-4-5(7(9)10-2)3-11-6(4)8/h10,12-13,15,21H,6-9H2,1-5H3,(H,20,23);8-10H,4-7H2,1-3H3,(H,13,15);3H,1-2H3. The van der Waals surface area contributed by atoms with Gasteiger partial charge in [-0.15, -0.1) is 22.7 Å². The van der Waals surface area contributed by atoms with Crippen molar-refractivity contribution in [1.82, 2.24) is 10.6 Å². The second-order valence-corrected chi connectivity index (χ2v) is 18.9. The molecule has 0 aromatic carbocycles. The molecule has 1 unspecified atom stereocenters. The molecule has 1 atom stereocenters. The summed E-state index contributed by atoms with van der Waals surface area (Å²) in [5.41, 5.74) is 2.05. The number of aliphatic hydroxyl groups is 1. The molecule has 298 valence electrons. The molecule has 0 radical (unpaired) electrons. The van der Waals surface area contributed by atoms with Gasteiger partial charge in [-0.25, -0.2) is 19.2 Å². The maximum atomic E-state index is 11.9. The number of aldehydes is 1. The number of hydrogen-bond donors (Lipinski definition) is 3. The van der Waals surface area contributed by atoms with Crippen molar-refractivity contribution >= 4 is 75.7 Å². The highest BCUT2D eigenvalue weighted by Crippen LogP contribution is 2.39.